The van der Waals surface area contributed by atoms with Crippen LogP contribution in [-0.2, 0) is 10.2 Å². The van der Waals surface area contributed by atoms with Crippen LogP contribution in [0.25, 0.3) is 21.5 Å². The minimum Gasteiger partial charge on any atom is -0.454 e. The van der Waals surface area contributed by atoms with Gasteiger partial charge in [0.15, 0.2) is 22.4 Å². The number of anilines is 1. The molecule has 4 aromatic rings. The lowest BCUT2D eigenvalue weighted by Crippen LogP contribution is -2.28. The monoisotopic (exact) mass is 419 g/mol. The van der Waals surface area contributed by atoms with Crippen molar-refractivity contribution >= 4 is 32.6 Å². The molecule has 2 aliphatic rings. The highest BCUT2D eigenvalue weighted by Crippen LogP contribution is 2.49. The Morgan fingerprint density at radius 2 is 2.00 bits per heavy atom. The highest BCUT2D eigenvalue weighted by atomic mass is 32.1. The third kappa shape index (κ3) is 2.68. The predicted molar refractivity (Wildman–Crippen MR) is 112 cm³/mol. The molecule has 1 fully saturated rings. The van der Waals surface area contributed by atoms with Crippen molar-refractivity contribution in [3.8, 4) is 22.8 Å². The summed E-state index contributed by atoms with van der Waals surface area (Å²) < 4.78 is 17.4. The quantitative estimate of drug-likeness (QED) is 0.518. The highest BCUT2D eigenvalue weighted by molar-refractivity contribution is 7.22. The molecule has 6 rings (SSSR count). The highest BCUT2D eigenvalue weighted by Gasteiger charge is 2.54. The van der Waals surface area contributed by atoms with Crippen LogP contribution in [0.1, 0.15) is 24.1 Å². The number of carbonyl (C=O) groups is 1. The van der Waals surface area contributed by atoms with Crippen LogP contribution in [0.3, 0.4) is 0 Å². The van der Waals surface area contributed by atoms with E-state index in [0.29, 0.717) is 28.1 Å². The van der Waals surface area contributed by atoms with Gasteiger partial charge in [-0.3, -0.25) is 4.79 Å². The molecular weight excluding hydrogens is 402 g/mol. The summed E-state index contributed by atoms with van der Waals surface area (Å²) in [7, 11) is 0. The van der Waals surface area contributed by atoms with Gasteiger partial charge in [-0.05, 0) is 49.6 Å². The molecule has 1 saturated carbocycles. The molecule has 30 heavy (non-hydrogen) atoms. The Balaban J connectivity index is 1.26. The fourth-order valence-corrected chi connectivity index (χ4v) is 4.71. The summed E-state index contributed by atoms with van der Waals surface area (Å²) in [6.45, 7) is 2.23. The summed E-state index contributed by atoms with van der Waals surface area (Å²) in [5.41, 5.74) is 2.83. The molecule has 3 heterocycles. The number of aryl methyl sites for hydroxylation is 1. The second-order valence-corrected chi connectivity index (χ2v) is 8.65. The van der Waals surface area contributed by atoms with Crippen molar-refractivity contribution < 1.29 is 18.8 Å². The van der Waals surface area contributed by atoms with Gasteiger partial charge in [0.05, 0.1) is 21.3 Å². The number of thiazole rings is 1. The minimum atomic E-state index is -0.662. The number of hydrogen-bond donors (Lipinski definition) is 1. The predicted octanol–water partition coefficient (Wildman–Crippen LogP) is 4.66. The Morgan fingerprint density at radius 3 is 2.83 bits per heavy atom. The molecule has 0 saturated heterocycles. The van der Waals surface area contributed by atoms with Crippen LogP contribution in [0.15, 0.2) is 47.0 Å². The van der Waals surface area contributed by atoms with E-state index in [2.05, 4.69) is 15.5 Å². The first-order valence-corrected chi connectivity index (χ1v) is 10.5. The number of benzene rings is 2. The molecule has 1 amide bonds. The zero-order chi connectivity index (χ0) is 20.3. The number of hydrogen-bond acceptors (Lipinski definition) is 7. The van der Waals surface area contributed by atoms with E-state index in [-0.39, 0.29) is 12.7 Å². The fraction of sp³-hybridized carbons (Fsp3) is 0.227. The van der Waals surface area contributed by atoms with Gasteiger partial charge in [-0.1, -0.05) is 28.6 Å². The standard InChI is InChI=1S/C22H17N3O4S/c1-12-3-2-4-17-19(12)23-21(30-17)24-20(26)22(7-8-22)18-10-15(29-25-18)13-5-6-14-16(9-13)28-11-27-14/h2-6,9-10H,7-8,11H2,1H3,(H,23,24,26). The van der Waals surface area contributed by atoms with E-state index in [1.807, 2.05) is 49.4 Å². The molecule has 2 aromatic heterocycles. The number of aromatic nitrogens is 2. The third-order valence-corrected chi connectivity index (χ3v) is 6.62. The van der Waals surface area contributed by atoms with Gasteiger partial charge in [0, 0.05) is 11.6 Å². The number of carbonyl (C=O) groups excluding carboxylic acids is 1. The molecule has 0 spiro atoms. The Hall–Kier alpha value is -3.39. The van der Waals surface area contributed by atoms with Crippen molar-refractivity contribution in [2.24, 2.45) is 0 Å². The maximum atomic E-state index is 13.1. The lowest BCUT2D eigenvalue weighted by atomic mass is 10.0. The number of para-hydroxylation sites is 1. The largest absolute Gasteiger partial charge is 0.454 e. The molecule has 0 atom stereocenters. The van der Waals surface area contributed by atoms with E-state index in [0.717, 1.165) is 34.2 Å². The molecule has 8 heteroatoms. The number of amides is 1. The number of rotatable bonds is 4. The van der Waals surface area contributed by atoms with Gasteiger partial charge >= 0.3 is 0 Å². The first-order chi connectivity index (χ1) is 14.6. The normalized spacial score (nSPS) is 16.0. The SMILES string of the molecule is Cc1cccc2sc(NC(=O)C3(c4cc(-c5ccc6c(c5)OCO6)on4)CC3)nc12. The van der Waals surface area contributed by atoms with Crippen LogP contribution in [0.5, 0.6) is 11.5 Å². The van der Waals surface area contributed by atoms with Gasteiger partial charge in [0.25, 0.3) is 0 Å². The van der Waals surface area contributed by atoms with Crippen LogP contribution in [0, 0.1) is 6.92 Å². The molecule has 0 radical (unpaired) electrons. The molecule has 150 valence electrons. The molecule has 1 N–H and O–H groups in total. The summed E-state index contributed by atoms with van der Waals surface area (Å²) in [5, 5.41) is 7.81. The molecule has 1 aliphatic carbocycles. The van der Waals surface area contributed by atoms with E-state index in [9.17, 15) is 4.79 Å². The zero-order valence-corrected chi connectivity index (χ0v) is 16.9. The average Bonchev–Trinajstić information content (AvgIpc) is 3.12. The van der Waals surface area contributed by atoms with E-state index in [1.54, 1.807) is 0 Å². The summed E-state index contributed by atoms with van der Waals surface area (Å²) in [4.78, 5) is 17.7. The van der Waals surface area contributed by atoms with Crippen molar-refractivity contribution in [2.75, 3.05) is 12.1 Å². The summed E-state index contributed by atoms with van der Waals surface area (Å²) in [5.74, 6) is 1.89. The van der Waals surface area contributed by atoms with Crippen molar-refractivity contribution in [2.45, 2.75) is 25.2 Å². The van der Waals surface area contributed by atoms with Gasteiger partial charge in [-0.15, -0.1) is 0 Å². The molecule has 0 bridgehead atoms. The van der Waals surface area contributed by atoms with Gasteiger partial charge in [-0.25, -0.2) is 4.98 Å². The topological polar surface area (TPSA) is 86.5 Å². The summed E-state index contributed by atoms with van der Waals surface area (Å²) >= 11 is 1.48. The molecule has 7 nitrogen and oxygen atoms in total. The van der Waals surface area contributed by atoms with Crippen LogP contribution < -0.4 is 14.8 Å². The lowest BCUT2D eigenvalue weighted by molar-refractivity contribution is -0.118. The molecule has 2 aromatic carbocycles. The maximum absolute atomic E-state index is 13.1. The van der Waals surface area contributed by atoms with Crippen molar-refractivity contribution in [1.29, 1.82) is 0 Å². The number of nitrogens with one attached hydrogen (secondary N) is 1. The first kappa shape index (κ1) is 17.5. The Labute approximate surface area is 175 Å². The zero-order valence-electron chi connectivity index (χ0n) is 16.1. The Kier molecular flexibility index (Phi) is 3.67. The van der Waals surface area contributed by atoms with Crippen molar-refractivity contribution in [3.63, 3.8) is 0 Å². The molecular formula is C22H17N3O4S. The van der Waals surface area contributed by atoms with Gasteiger partial charge < -0.3 is 19.3 Å². The maximum Gasteiger partial charge on any atom is 0.238 e. The first-order valence-electron chi connectivity index (χ1n) is 9.67. The van der Waals surface area contributed by atoms with E-state index in [4.69, 9.17) is 14.0 Å². The van der Waals surface area contributed by atoms with Gasteiger partial charge in [-0.2, -0.15) is 0 Å². The van der Waals surface area contributed by atoms with Crippen LogP contribution in [0.4, 0.5) is 5.13 Å². The molecule has 0 unspecified atom stereocenters. The van der Waals surface area contributed by atoms with Crippen LogP contribution >= 0.6 is 11.3 Å². The van der Waals surface area contributed by atoms with E-state index >= 15 is 0 Å². The second kappa shape index (κ2) is 6.30. The summed E-state index contributed by atoms with van der Waals surface area (Å²) in [6.07, 6.45) is 1.46. The minimum absolute atomic E-state index is 0.0928. The van der Waals surface area contributed by atoms with E-state index < -0.39 is 5.41 Å². The van der Waals surface area contributed by atoms with E-state index in [1.165, 1.54) is 11.3 Å². The fourth-order valence-electron chi connectivity index (χ4n) is 3.77. The Bertz CT molecular complexity index is 1300. The second-order valence-electron chi connectivity index (χ2n) is 7.62. The average molecular weight is 419 g/mol. The number of ether oxygens (including phenoxy) is 2. The van der Waals surface area contributed by atoms with Crippen molar-refractivity contribution in [3.05, 3.63) is 53.7 Å². The smallest absolute Gasteiger partial charge is 0.238 e. The molecule has 1 aliphatic heterocycles. The van der Waals surface area contributed by atoms with Crippen LogP contribution in [0.2, 0.25) is 0 Å². The van der Waals surface area contributed by atoms with Crippen LogP contribution in [-0.4, -0.2) is 22.8 Å². The number of fused-ring (bicyclic) bond motifs is 2. The third-order valence-electron chi connectivity index (χ3n) is 5.68. The lowest BCUT2D eigenvalue weighted by Gasteiger charge is -2.10. The summed E-state index contributed by atoms with van der Waals surface area (Å²) in [6, 6.07) is 13.5. The van der Waals surface area contributed by atoms with Crippen molar-refractivity contribution in [1.82, 2.24) is 10.1 Å². The van der Waals surface area contributed by atoms with Gasteiger partial charge in [0.2, 0.25) is 12.7 Å². The Morgan fingerprint density at radius 1 is 1.13 bits per heavy atom. The number of nitrogens with zero attached hydrogens (tertiary/aromatic N) is 2. The van der Waals surface area contributed by atoms with Gasteiger partial charge in [0.1, 0.15) is 0 Å².